The number of carbonyl (C=O) groups excluding carboxylic acids is 2. The molecule has 3 rings (SSSR count). The first-order valence-electron chi connectivity index (χ1n) is 7.72. The zero-order chi connectivity index (χ0) is 17.8. The van der Waals surface area contributed by atoms with Crippen LogP contribution in [0.4, 0.5) is 0 Å². The third kappa shape index (κ3) is 3.77. The zero-order valence-electron chi connectivity index (χ0n) is 13.5. The smallest absolute Gasteiger partial charge is 0.287 e. The standard InChI is InChI=1S/C18H17N3O4/c1-11-7-8-13(15(22)9-11)17(23)19-20-18(24)14-10-16(25-21-14)12-5-3-2-4-6-12/h2-9,16,22H,10H2,1H3,(H,19,23)(H,20,24). The van der Waals surface area contributed by atoms with E-state index in [0.717, 1.165) is 11.1 Å². The SMILES string of the molecule is Cc1ccc(C(=O)NNC(=O)C2=NOC(c3ccccc3)C2)c(O)c1. The van der Waals surface area contributed by atoms with Gasteiger partial charge in [-0.15, -0.1) is 0 Å². The molecular weight excluding hydrogens is 322 g/mol. The van der Waals surface area contributed by atoms with Crippen LogP contribution in [0.1, 0.15) is 34.0 Å². The Hall–Kier alpha value is -3.35. The molecule has 0 saturated heterocycles. The first kappa shape index (κ1) is 16.5. The minimum absolute atomic E-state index is 0.0673. The number of hydrogen-bond acceptors (Lipinski definition) is 5. The number of rotatable bonds is 3. The molecule has 2 aromatic carbocycles. The highest BCUT2D eigenvalue weighted by Crippen LogP contribution is 2.26. The van der Waals surface area contributed by atoms with Gasteiger partial charge in [0, 0.05) is 6.42 Å². The van der Waals surface area contributed by atoms with Crippen molar-refractivity contribution in [3.63, 3.8) is 0 Å². The Morgan fingerprint density at radius 1 is 1.12 bits per heavy atom. The van der Waals surface area contributed by atoms with Crippen molar-refractivity contribution in [2.75, 3.05) is 0 Å². The van der Waals surface area contributed by atoms with Crippen molar-refractivity contribution >= 4 is 17.5 Å². The van der Waals surface area contributed by atoms with Gasteiger partial charge in [-0.2, -0.15) is 0 Å². The molecule has 7 heteroatoms. The number of carbonyl (C=O) groups is 2. The molecule has 0 fully saturated rings. The molecule has 0 radical (unpaired) electrons. The number of phenols is 1. The largest absolute Gasteiger partial charge is 0.507 e. The van der Waals surface area contributed by atoms with Gasteiger partial charge < -0.3 is 9.94 Å². The van der Waals surface area contributed by atoms with Crippen LogP contribution >= 0.6 is 0 Å². The lowest BCUT2D eigenvalue weighted by atomic mass is 10.0. The highest BCUT2D eigenvalue weighted by molar-refractivity contribution is 6.39. The van der Waals surface area contributed by atoms with Gasteiger partial charge >= 0.3 is 0 Å². The van der Waals surface area contributed by atoms with Gasteiger partial charge in [0.05, 0.1) is 5.56 Å². The summed E-state index contributed by atoms with van der Waals surface area (Å²) in [7, 11) is 0. The van der Waals surface area contributed by atoms with Crippen molar-refractivity contribution < 1.29 is 19.5 Å². The van der Waals surface area contributed by atoms with Gasteiger partial charge in [-0.3, -0.25) is 20.4 Å². The lowest BCUT2D eigenvalue weighted by molar-refractivity contribution is -0.115. The molecule has 7 nitrogen and oxygen atoms in total. The third-order valence-corrected chi connectivity index (χ3v) is 3.79. The van der Waals surface area contributed by atoms with Crippen LogP contribution in [0.25, 0.3) is 0 Å². The van der Waals surface area contributed by atoms with Crippen molar-refractivity contribution in [2.24, 2.45) is 5.16 Å². The molecule has 2 amide bonds. The quantitative estimate of drug-likeness (QED) is 0.745. The van der Waals surface area contributed by atoms with E-state index in [1.165, 1.54) is 12.1 Å². The second kappa shape index (κ2) is 7.04. The number of aryl methyl sites for hydroxylation is 1. The van der Waals surface area contributed by atoms with E-state index < -0.39 is 11.8 Å². The number of oxime groups is 1. The molecule has 0 aliphatic carbocycles. The maximum atomic E-state index is 12.1. The predicted octanol–water partition coefficient (Wildman–Crippen LogP) is 1.98. The lowest BCUT2D eigenvalue weighted by Crippen LogP contribution is -2.44. The molecule has 1 atom stereocenters. The Kier molecular flexibility index (Phi) is 4.65. The first-order valence-corrected chi connectivity index (χ1v) is 7.72. The second-order valence-corrected chi connectivity index (χ2v) is 5.68. The Labute approximate surface area is 144 Å². The number of phenolic OH excluding ortho intramolecular Hbond substituents is 1. The molecule has 3 N–H and O–H groups in total. The Morgan fingerprint density at radius 3 is 2.56 bits per heavy atom. The predicted molar refractivity (Wildman–Crippen MR) is 90.8 cm³/mol. The van der Waals surface area contributed by atoms with E-state index in [1.54, 1.807) is 13.0 Å². The van der Waals surface area contributed by atoms with E-state index in [4.69, 9.17) is 4.84 Å². The van der Waals surface area contributed by atoms with Crippen molar-refractivity contribution in [1.82, 2.24) is 10.9 Å². The molecule has 1 aliphatic rings. The first-order chi connectivity index (χ1) is 12.0. The fourth-order valence-corrected chi connectivity index (χ4v) is 2.44. The maximum Gasteiger partial charge on any atom is 0.287 e. The van der Waals surface area contributed by atoms with E-state index in [9.17, 15) is 14.7 Å². The number of nitrogens with zero attached hydrogens (tertiary/aromatic N) is 1. The Balaban J connectivity index is 1.55. The maximum absolute atomic E-state index is 12.1. The molecule has 1 heterocycles. The minimum atomic E-state index is -0.620. The molecule has 128 valence electrons. The zero-order valence-corrected chi connectivity index (χ0v) is 13.5. The van der Waals surface area contributed by atoms with Crippen LogP contribution < -0.4 is 10.9 Å². The van der Waals surface area contributed by atoms with Gasteiger partial charge in [0.2, 0.25) is 0 Å². The Morgan fingerprint density at radius 2 is 1.84 bits per heavy atom. The van der Waals surface area contributed by atoms with E-state index in [0.29, 0.717) is 6.42 Å². The summed E-state index contributed by atoms with van der Waals surface area (Å²) in [4.78, 5) is 29.4. The van der Waals surface area contributed by atoms with Gasteiger partial charge in [-0.25, -0.2) is 0 Å². The van der Waals surface area contributed by atoms with Crippen LogP contribution in [0.5, 0.6) is 5.75 Å². The number of hydrazine groups is 1. The molecule has 25 heavy (non-hydrogen) atoms. The molecule has 1 aliphatic heterocycles. The van der Waals surface area contributed by atoms with E-state index >= 15 is 0 Å². The van der Waals surface area contributed by atoms with Crippen LogP contribution in [0.15, 0.2) is 53.7 Å². The van der Waals surface area contributed by atoms with E-state index in [1.807, 2.05) is 30.3 Å². The highest BCUT2D eigenvalue weighted by atomic mass is 16.6. The van der Waals surface area contributed by atoms with E-state index in [-0.39, 0.29) is 23.1 Å². The van der Waals surface area contributed by atoms with Crippen molar-refractivity contribution in [2.45, 2.75) is 19.4 Å². The lowest BCUT2D eigenvalue weighted by Gasteiger charge is -2.09. The number of amides is 2. The normalized spacial score (nSPS) is 15.9. The number of nitrogens with one attached hydrogen (secondary N) is 2. The average Bonchev–Trinajstić information content (AvgIpc) is 3.10. The van der Waals surface area contributed by atoms with Crippen LogP contribution in [0.2, 0.25) is 0 Å². The topological polar surface area (TPSA) is 100 Å². The van der Waals surface area contributed by atoms with Gasteiger partial charge in [0.25, 0.3) is 11.8 Å². The fourth-order valence-electron chi connectivity index (χ4n) is 2.44. The number of benzene rings is 2. The second-order valence-electron chi connectivity index (χ2n) is 5.68. The van der Waals surface area contributed by atoms with Gasteiger partial charge in [-0.05, 0) is 30.2 Å². The third-order valence-electron chi connectivity index (χ3n) is 3.79. The van der Waals surface area contributed by atoms with Crippen molar-refractivity contribution in [3.8, 4) is 5.75 Å². The van der Waals surface area contributed by atoms with E-state index in [2.05, 4.69) is 16.0 Å². The summed E-state index contributed by atoms with van der Waals surface area (Å²) in [6, 6.07) is 14.1. The highest BCUT2D eigenvalue weighted by Gasteiger charge is 2.27. The summed E-state index contributed by atoms with van der Waals surface area (Å²) in [5.74, 6) is -1.33. The van der Waals surface area contributed by atoms with Crippen LogP contribution in [0.3, 0.4) is 0 Å². The Bertz CT molecular complexity index is 833. The van der Waals surface area contributed by atoms with Crippen LogP contribution in [0, 0.1) is 6.92 Å². The molecular formula is C18H17N3O4. The molecule has 1 unspecified atom stereocenters. The summed E-state index contributed by atoms with van der Waals surface area (Å²) in [6.07, 6.45) is -0.0135. The average molecular weight is 339 g/mol. The van der Waals surface area contributed by atoms with Gasteiger partial charge in [0.15, 0.2) is 11.8 Å². The summed E-state index contributed by atoms with van der Waals surface area (Å²) in [6.45, 7) is 1.80. The minimum Gasteiger partial charge on any atom is -0.507 e. The van der Waals surface area contributed by atoms with Crippen molar-refractivity contribution in [3.05, 3.63) is 65.2 Å². The molecule has 0 saturated carbocycles. The van der Waals surface area contributed by atoms with Gasteiger partial charge in [-0.1, -0.05) is 41.6 Å². The van der Waals surface area contributed by atoms with Crippen molar-refractivity contribution in [1.29, 1.82) is 0 Å². The summed E-state index contributed by atoms with van der Waals surface area (Å²) < 4.78 is 0. The summed E-state index contributed by atoms with van der Waals surface area (Å²) >= 11 is 0. The summed E-state index contributed by atoms with van der Waals surface area (Å²) in [5, 5.41) is 13.6. The monoisotopic (exact) mass is 339 g/mol. The summed E-state index contributed by atoms with van der Waals surface area (Å²) in [5.41, 5.74) is 6.52. The number of hydrogen-bond donors (Lipinski definition) is 3. The molecule has 0 bridgehead atoms. The van der Waals surface area contributed by atoms with Crippen LogP contribution in [-0.4, -0.2) is 22.6 Å². The molecule has 0 spiro atoms. The van der Waals surface area contributed by atoms with Gasteiger partial charge in [0.1, 0.15) is 5.75 Å². The number of aromatic hydroxyl groups is 1. The van der Waals surface area contributed by atoms with Crippen LogP contribution in [-0.2, 0) is 9.63 Å². The molecule has 2 aromatic rings. The molecule has 0 aromatic heterocycles. The fraction of sp³-hybridized carbons (Fsp3) is 0.167.